The molecule has 10 heteroatoms. The van der Waals surface area contributed by atoms with E-state index >= 15 is 0 Å². The molecule has 0 saturated carbocycles. The molecule has 0 bridgehead atoms. The molecule has 1 aromatic carbocycles. The van der Waals surface area contributed by atoms with Crippen molar-refractivity contribution in [1.82, 2.24) is 25.1 Å². The summed E-state index contributed by atoms with van der Waals surface area (Å²) in [6.07, 6.45) is 3.26. The fourth-order valence-electron chi connectivity index (χ4n) is 4.92. The molecule has 1 fully saturated rings. The number of benzene rings is 1. The van der Waals surface area contributed by atoms with Crippen LogP contribution in [0.1, 0.15) is 63.0 Å². The number of likely N-dealkylation sites (N-methyl/N-ethyl adjacent to an activating group) is 1. The number of ether oxygens (including phenoxy) is 1. The van der Waals surface area contributed by atoms with E-state index in [1.165, 1.54) is 7.11 Å². The van der Waals surface area contributed by atoms with E-state index in [2.05, 4.69) is 15.6 Å². The summed E-state index contributed by atoms with van der Waals surface area (Å²) in [5, 5.41) is 6.75. The van der Waals surface area contributed by atoms with Crippen LogP contribution in [0.4, 0.5) is 0 Å². The van der Waals surface area contributed by atoms with E-state index < -0.39 is 29.5 Å². The molecule has 2 N–H and O–H groups in total. The molecule has 1 aliphatic rings. The zero-order valence-corrected chi connectivity index (χ0v) is 23.1. The minimum Gasteiger partial charge on any atom is -0.464 e. The van der Waals surface area contributed by atoms with Gasteiger partial charge >= 0.3 is 5.97 Å². The van der Waals surface area contributed by atoms with Crippen molar-refractivity contribution in [2.24, 2.45) is 12.5 Å². The summed E-state index contributed by atoms with van der Waals surface area (Å²) in [6.45, 7) is 8.00. The van der Waals surface area contributed by atoms with Crippen molar-refractivity contribution < 1.29 is 23.5 Å². The van der Waals surface area contributed by atoms with Gasteiger partial charge in [0, 0.05) is 36.3 Å². The number of para-hydroxylation sites is 1. The van der Waals surface area contributed by atoms with Crippen LogP contribution < -0.4 is 10.6 Å². The summed E-state index contributed by atoms with van der Waals surface area (Å²) in [6, 6.07) is 6.15. The van der Waals surface area contributed by atoms with Crippen molar-refractivity contribution in [3.63, 3.8) is 0 Å². The monoisotopic (exact) mass is 523 g/mol. The second kappa shape index (κ2) is 10.6. The third-order valence-corrected chi connectivity index (χ3v) is 7.21. The number of amides is 2. The van der Waals surface area contributed by atoms with Gasteiger partial charge in [0.2, 0.25) is 17.7 Å². The number of esters is 1. The topological polar surface area (TPSA) is 119 Å². The lowest BCUT2D eigenvalue weighted by molar-refractivity contribution is -0.141. The third-order valence-electron chi connectivity index (χ3n) is 7.21. The molecule has 38 heavy (non-hydrogen) atoms. The maximum absolute atomic E-state index is 13.9. The van der Waals surface area contributed by atoms with Gasteiger partial charge in [-0.2, -0.15) is 0 Å². The van der Waals surface area contributed by atoms with E-state index in [-0.39, 0.29) is 23.4 Å². The van der Waals surface area contributed by atoms with Crippen LogP contribution >= 0.6 is 0 Å². The molecular weight excluding hydrogens is 486 g/mol. The summed E-state index contributed by atoms with van der Waals surface area (Å²) in [7, 11) is 4.93. The Kier molecular flexibility index (Phi) is 7.64. The number of aromatic nitrogens is 2. The number of aryl methyl sites for hydroxylation is 1. The smallest absolute Gasteiger partial charge is 0.360 e. The molecule has 1 saturated heterocycles. The van der Waals surface area contributed by atoms with Crippen LogP contribution in [0.5, 0.6) is 0 Å². The van der Waals surface area contributed by atoms with Gasteiger partial charge in [0.05, 0.1) is 13.2 Å². The van der Waals surface area contributed by atoms with E-state index in [0.29, 0.717) is 18.7 Å². The fraction of sp³-hybridized carbons (Fsp3) is 0.500. The average Bonchev–Trinajstić information content (AvgIpc) is 3.62. The maximum Gasteiger partial charge on any atom is 0.360 e. The van der Waals surface area contributed by atoms with Gasteiger partial charge in [-0.1, -0.05) is 39.0 Å². The molecule has 3 heterocycles. The zero-order chi connectivity index (χ0) is 27.8. The Hall–Kier alpha value is -3.66. The molecule has 204 valence electrons. The molecule has 0 unspecified atom stereocenters. The lowest BCUT2D eigenvalue weighted by atomic mass is 9.85. The first-order valence-electron chi connectivity index (χ1n) is 12.9. The first-order chi connectivity index (χ1) is 18.0. The van der Waals surface area contributed by atoms with Crippen molar-refractivity contribution in [3.8, 4) is 11.3 Å². The SMILES string of the molecule is CN[C@@H](C)C(=O)N[C@H](C(=O)N1CCC[C@H]1c1nc(C(=O)OC)c(-c2cn(C)c3ccccc23)o1)C(C)(C)C. The first-order valence-corrected chi connectivity index (χ1v) is 12.9. The first kappa shape index (κ1) is 27.4. The Bertz CT molecular complexity index is 1350. The number of methoxy groups -OCH3 is 1. The number of hydrogen-bond donors (Lipinski definition) is 2. The largest absolute Gasteiger partial charge is 0.464 e. The molecular formula is C28H37N5O5. The van der Waals surface area contributed by atoms with Gasteiger partial charge in [-0.15, -0.1) is 0 Å². The lowest BCUT2D eigenvalue weighted by Gasteiger charge is -2.35. The lowest BCUT2D eigenvalue weighted by Crippen LogP contribution is -2.57. The number of nitrogens with one attached hydrogen (secondary N) is 2. The van der Waals surface area contributed by atoms with E-state index in [1.807, 2.05) is 62.8 Å². The molecule has 0 aliphatic carbocycles. The Labute approximate surface area is 222 Å². The molecule has 3 aromatic rings. The predicted octanol–water partition coefficient (Wildman–Crippen LogP) is 3.42. The van der Waals surface area contributed by atoms with E-state index in [9.17, 15) is 14.4 Å². The standard InChI is InChI=1S/C28H37N5O5/c1-16(29-5)24(34)31-23(28(2,3)4)26(35)33-14-10-13-20(33)25-30-21(27(36)37-7)22(38-25)18-15-32(6)19-12-9-8-11-17(18)19/h8-9,11-12,15-16,20,23,29H,10,13-14H2,1-7H3,(H,31,34)/t16-,20-,23+/m0/s1. The molecule has 3 atom stereocenters. The van der Waals surface area contributed by atoms with Gasteiger partial charge in [-0.05, 0) is 38.3 Å². The van der Waals surface area contributed by atoms with Crippen LogP contribution in [0, 0.1) is 5.41 Å². The number of carbonyl (C=O) groups is 3. The third kappa shape index (κ3) is 5.05. The fourth-order valence-corrected chi connectivity index (χ4v) is 4.92. The van der Waals surface area contributed by atoms with Crippen LogP contribution in [0.25, 0.3) is 22.2 Å². The maximum atomic E-state index is 13.9. The number of fused-ring (bicyclic) bond motifs is 1. The molecule has 10 nitrogen and oxygen atoms in total. The van der Waals surface area contributed by atoms with E-state index in [1.54, 1.807) is 18.9 Å². The summed E-state index contributed by atoms with van der Waals surface area (Å²) in [4.78, 5) is 45.6. The van der Waals surface area contributed by atoms with Crippen molar-refractivity contribution >= 4 is 28.7 Å². The molecule has 1 aliphatic heterocycles. The van der Waals surface area contributed by atoms with Crippen LogP contribution in [-0.2, 0) is 21.4 Å². The highest BCUT2D eigenvalue weighted by Crippen LogP contribution is 2.39. The Morgan fingerprint density at radius 2 is 1.92 bits per heavy atom. The summed E-state index contributed by atoms with van der Waals surface area (Å²) >= 11 is 0. The highest BCUT2D eigenvalue weighted by atomic mass is 16.5. The van der Waals surface area contributed by atoms with Crippen molar-refractivity contribution in [2.75, 3.05) is 20.7 Å². The second-order valence-corrected chi connectivity index (χ2v) is 10.9. The predicted molar refractivity (Wildman–Crippen MR) is 143 cm³/mol. The average molecular weight is 524 g/mol. The van der Waals surface area contributed by atoms with Gasteiger partial charge in [-0.25, -0.2) is 9.78 Å². The van der Waals surface area contributed by atoms with E-state index in [0.717, 1.165) is 22.9 Å². The molecule has 0 radical (unpaired) electrons. The summed E-state index contributed by atoms with van der Waals surface area (Å²) < 4.78 is 13.3. The van der Waals surface area contributed by atoms with Crippen molar-refractivity contribution in [2.45, 2.75) is 58.7 Å². The van der Waals surface area contributed by atoms with Gasteiger partial charge in [0.15, 0.2) is 11.5 Å². The minimum absolute atomic E-state index is 0.0710. The van der Waals surface area contributed by atoms with Crippen LogP contribution in [-0.4, -0.2) is 65.0 Å². The number of carbonyl (C=O) groups excluding carboxylic acids is 3. The highest BCUT2D eigenvalue weighted by Gasteiger charge is 2.42. The van der Waals surface area contributed by atoms with Gasteiger partial charge in [0.25, 0.3) is 0 Å². The molecule has 0 spiro atoms. The Morgan fingerprint density at radius 3 is 2.58 bits per heavy atom. The molecule has 4 rings (SSSR count). The van der Waals surface area contributed by atoms with Crippen LogP contribution in [0.3, 0.4) is 0 Å². The molecule has 2 aromatic heterocycles. The zero-order valence-electron chi connectivity index (χ0n) is 23.1. The number of hydrogen-bond acceptors (Lipinski definition) is 7. The number of nitrogens with zero attached hydrogens (tertiary/aromatic N) is 3. The van der Waals surface area contributed by atoms with Gasteiger partial charge in [-0.3, -0.25) is 9.59 Å². The summed E-state index contributed by atoms with van der Waals surface area (Å²) in [5.74, 6) is -0.479. The quantitative estimate of drug-likeness (QED) is 0.456. The highest BCUT2D eigenvalue weighted by molar-refractivity contribution is 6.01. The van der Waals surface area contributed by atoms with Crippen molar-refractivity contribution in [3.05, 3.63) is 42.0 Å². The molecule has 2 amide bonds. The number of oxazole rings is 1. The number of rotatable bonds is 7. The van der Waals surface area contributed by atoms with Gasteiger partial charge < -0.3 is 29.3 Å². The Balaban J connectivity index is 1.73. The van der Waals surface area contributed by atoms with E-state index in [4.69, 9.17) is 9.15 Å². The van der Waals surface area contributed by atoms with Crippen molar-refractivity contribution in [1.29, 1.82) is 0 Å². The minimum atomic E-state index is -0.751. The summed E-state index contributed by atoms with van der Waals surface area (Å²) in [5.41, 5.74) is 1.24. The van der Waals surface area contributed by atoms with Gasteiger partial charge in [0.1, 0.15) is 12.1 Å². The van der Waals surface area contributed by atoms with Crippen LogP contribution in [0.2, 0.25) is 0 Å². The Morgan fingerprint density at radius 1 is 1.21 bits per heavy atom. The normalized spacial score (nSPS) is 17.4. The van der Waals surface area contributed by atoms with Crippen LogP contribution in [0.15, 0.2) is 34.9 Å². The number of likely N-dealkylation sites (tertiary alicyclic amines) is 1. The second-order valence-electron chi connectivity index (χ2n) is 10.9.